The van der Waals surface area contributed by atoms with Crippen molar-refractivity contribution >= 4 is 5.97 Å². The number of carbonyl (C=O) groups excluding carboxylic acids is 1. The minimum absolute atomic E-state index is 0.178. The minimum atomic E-state index is -0.710. The van der Waals surface area contributed by atoms with Crippen LogP contribution in [-0.4, -0.2) is 22.9 Å². The number of esters is 1. The topological polar surface area (TPSA) is 61.2 Å². The monoisotopic (exact) mass is 286 g/mol. The van der Waals surface area contributed by atoms with Crippen molar-refractivity contribution in [3.05, 3.63) is 57.5 Å². The second kappa shape index (κ2) is 6.35. The second-order valence-electron chi connectivity index (χ2n) is 4.60. The third-order valence-corrected chi connectivity index (χ3v) is 3.37. The maximum atomic E-state index is 12.2. The summed E-state index contributed by atoms with van der Waals surface area (Å²) in [6.45, 7) is 3.91. The van der Waals surface area contributed by atoms with Gasteiger partial charge in [-0.25, -0.2) is 9.48 Å². The predicted octanol–water partition coefficient (Wildman–Crippen LogP) is 2.14. The zero-order chi connectivity index (χ0) is 15.4. The molecule has 110 valence electrons. The van der Waals surface area contributed by atoms with Gasteiger partial charge in [-0.05, 0) is 24.5 Å². The Labute approximate surface area is 123 Å². The van der Waals surface area contributed by atoms with E-state index in [-0.39, 0.29) is 11.1 Å². The lowest BCUT2D eigenvalue weighted by atomic mass is 10.1. The van der Waals surface area contributed by atoms with Crippen LogP contribution in [-0.2, 0) is 17.6 Å². The van der Waals surface area contributed by atoms with E-state index in [4.69, 9.17) is 0 Å². The van der Waals surface area contributed by atoms with Crippen molar-refractivity contribution in [2.75, 3.05) is 7.11 Å². The predicted molar refractivity (Wildman–Crippen MR) is 79.9 cm³/mol. The van der Waals surface area contributed by atoms with Crippen LogP contribution in [0, 0.1) is 0 Å². The molecule has 0 saturated carbocycles. The van der Waals surface area contributed by atoms with Crippen molar-refractivity contribution in [3.8, 4) is 5.69 Å². The number of methoxy groups -OCH3 is 1. The van der Waals surface area contributed by atoms with E-state index in [2.05, 4.69) is 9.84 Å². The molecule has 0 spiro atoms. The van der Waals surface area contributed by atoms with E-state index in [9.17, 15) is 9.59 Å². The number of ether oxygens (including phenoxy) is 1. The highest BCUT2D eigenvalue weighted by Gasteiger charge is 2.17. The van der Waals surface area contributed by atoms with Gasteiger partial charge < -0.3 is 4.74 Å². The number of rotatable bonds is 4. The van der Waals surface area contributed by atoms with Crippen LogP contribution in [0.2, 0.25) is 0 Å². The van der Waals surface area contributed by atoms with E-state index < -0.39 is 5.97 Å². The van der Waals surface area contributed by atoms with Crippen molar-refractivity contribution in [2.45, 2.75) is 26.7 Å². The van der Waals surface area contributed by atoms with E-state index in [1.165, 1.54) is 7.11 Å². The van der Waals surface area contributed by atoms with Gasteiger partial charge in [0.15, 0.2) is 0 Å². The first kappa shape index (κ1) is 15.0. The van der Waals surface area contributed by atoms with Crippen molar-refractivity contribution in [1.29, 1.82) is 0 Å². The zero-order valence-electron chi connectivity index (χ0n) is 12.4. The van der Waals surface area contributed by atoms with Gasteiger partial charge in [-0.15, -0.1) is 0 Å². The molecular formula is C16H18N2O3. The summed E-state index contributed by atoms with van der Waals surface area (Å²) >= 11 is 0. The van der Waals surface area contributed by atoms with Crippen LogP contribution in [0.3, 0.4) is 0 Å². The average molecular weight is 286 g/mol. The maximum absolute atomic E-state index is 12.2. The lowest BCUT2D eigenvalue weighted by Crippen LogP contribution is -2.25. The fraction of sp³-hybridized carbons (Fsp3) is 0.312. The summed E-state index contributed by atoms with van der Waals surface area (Å²) in [6.07, 6.45) is 3.04. The molecule has 5 nitrogen and oxygen atoms in total. The lowest BCUT2D eigenvalue weighted by Gasteiger charge is -2.12. The van der Waals surface area contributed by atoms with Crippen molar-refractivity contribution in [2.24, 2.45) is 0 Å². The Bertz CT molecular complexity index is 720. The number of para-hydroxylation sites is 1. The van der Waals surface area contributed by atoms with Gasteiger partial charge in [-0.2, -0.15) is 5.10 Å². The Balaban J connectivity index is 2.70. The highest BCUT2D eigenvalue weighted by atomic mass is 16.5. The largest absolute Gasteiger partial charge is 0.464 e. The molecule has 0 unspecified atom stereocenters. The summed E-state index contributed by atoms with van der Waals surface area (Å²) in [5.74, 6) is -0.710. The molecule has 21 heavy (non-hydrogen) atoms. The molecule has 5 heteroatoms. The first-order valence-corrected chi connectivity index (χ1v) is 6.91. The molecular weight excluding hydrogens is 268 g/mol. The number of nitrogens with zero attached hydrogens (tertiary/aromatic N) is 2. The van der Waals surface area contributed by atoms with Gasteiger partial charge in [0.2, 0.25) is 11.1 Å². The highest BCUT2D eigenvalue weighted by molar-refractivity contribution is 5.87. The number of benzene rings is 1. The Morgan fingerprint density at radius 3 is 2.48 bits per heavy atom. The van der Waals surface area contributed by atoms with Crippen LogP contribution < -0.4 is 5.43 Å². The van der Waals surface area contributed by atoms with Crippen LogP contribution in [0.1, 0.15) is 35.5 Å². The number of carbonyl (C=O) groups is 1. The molecule has 0 aliphatic carbocycles. The Morgan fingerprint density at radius 2 is 1.86 bits per heavy atom. The van der Waals surface area contributed by atoms with E-state index in [1.807, 2.05) is 38.1 Å². The van der Waals surface area contributed by atoms with Gasteiger partial charge in [-0.1, -0.05) is 32.0 Å². The molecule has 2 aromatic rings. The van der Waals surface area contributed by atoms with Gasteiger partial charge >= 0.3 is 5.97 Å². The summed E-state index contributed by atoms with van der Waals surface area (Å²) in [4.78, 5) is 23.9. The minimum Gasteiger partial charge on any atom is -0.464 e. The van der Waals surface area contributed by atoms with Crippen LogP contribution in [0.25, 0.3) is 5.69 Å². The van der Waals surface area contributed by atoms with Crippen LogP contribution in [0.15, 0.2) is 35.3 Å². The Morgan fingerprint density at radius 1 is 1.19 bits per heavy atom. The molecule has 0 radical (unpaired) electrons. The zero-order valence-corrected chi connectivity index (χ0v) is 12.4. The first-order valence-electron chi connectivity index (χ1n) is 6.91. The first-order chi connectivity index (χ1) is 10.1. The standard InChI is InChI=1S/C16H18N2O3/c1-4-11-8-6-7-9-13(11)18-10-12(5-2)15(19)14(17-18)16(20)21-3/h6-10H,4-5H2,1-3H3. The van der Waals surface area contributed by atoms with Crippen molar-refractivity contribution in [1.82, 2.24) is 9.78 Å². The van der Waals surface area contributed by atoms with Gasteiger partial charge in [-0.3, -0.25) is 4.79 Å². The molecule has 0 saturated heterocycles. The van der Waals surface area contributed by atoms with Gasteiger partial charge in [0.1, 0.15) is 0 Å². The summed E-state index contributed by atoms with van der Waals surface area (Å²) in [5, 5.41) is 4.16. The van der Waals surface area contributed by atoms with E-state index in [1.54, 1.807) is 10.9 Å². The molecule has 0 bridgehead atoms. The number of aromatic nitrogens is 2. The molecule has 0 N–H and O–H groups in total. The fourth-order valence-electron chi connectivity index (χ4n) is 2.18. The lowest BCUT2D eigenvalue weighted by molar-refractivity contribution is 0.0590. The highest BCUT2D eigenvalue weighted by Crippen LogP contribution is 2.14. The molecule has 1 aromatic carbocycles. The summed E-state index contributed by atoms with van der Waals surface area (Å²) in [5.41, 5.74) is 1.94. The van der Waals surface area contributed by atoms with E-state index in [0.29, 0.717) is 12.0 Å². The maximum Gasteiger partial charge on any atom is 0.362 e. The number of hydrogen-bond donors (Lipinski definition) is 0. The van der Waals surface area contributed by atoms with Crippen LogP contribution in [0.5, 0.6) is 0 Å². The van der Waals surface area contributed by atoms with E-state index in [0.717, 1.165) is 17.7 Å². The third-order valence-electron chi connectivity index (χ3n) is 3.37. The SMILES string of the molecule is CCc1ccccc1-n1cc(CC)c(=O)c(C(=O)OC)n1. The van der Waals surface area contributed by atoms with Crippen LogP contribution >= 0.6 is 0 Å². The molecule has 1 heterocycles. The quantitative estimate of drug-likeness (QED) is 0.808. The molecule has 0 amide bonds. The van der Waals surface area contributed by atoms with Gasteiger partial charge in [0.05, 0.1) is 12.8 Å². The fourth-order valence-corrected chi connectivity index (χ4v) is 2.18. The molecule has 0 aliphatic rings. The number of hydrogen-bond acceptors (Lipinski definition) is 4. The smallest absolute Gasteiger partial charge is 0.362 e. The molecule has 0 fully saturated rings. The molecule has 2 rings (SSSR count). The molecule has 1 aromatic heterocycles. The normalized spacial score (nSPS) is 10.4. The Kier molecular flexibility index (Phi) is 4.52. The summed E-state index contributed by atoms with van der Waals surface area (Å²) in [7, 11) is 1.24. The van der Waals surface area contributed by atoms with E-state index >= 15 is 0 Å². The molecule has 0 atom stereocenters. The summed E-state index contributed by atoms with van der Waals surface area (Å²) < 4.78 is 6.24. The van der Waals surface area contributed by atoms with Crippen molar-refractivity contribution in [3.63, 3.8) is 0 Å². The van der Waals surface area contributed by atoms with Crippen LogP contribution in [0.4, 0.5) is 0 Å². The molecule has 0 aliphatic heterocycles. The summed E-state index contributed by atoms with van der Waals surface area (Å²) in [6, 6.07) is 7.76. The average Bonchev–Trinajstić information content (AvgIpc) is 2.54. The number of aryl methyl sites for hydroxylation is 2. The van der Waals surface area contributed by atoms with Crippen molar-refractivity contribution < 1.29 is 9.53 Å². The van der Waals surface area contributed by atoms with Gasteiger partial charge in [0.25, 0.3) is 0 Å². The van der Waals surface area contributed by atoms with Gasteiger partial charge in [0, 0.05) is 11.8 Å². The third kappa shape index (κ3) is 2.86. The Hall–Kier alpha value is -2.43. The second-order valence-corrected chi connectivity index (χ2v) is 4.60.